The molecule has 1 aromatic rings. The third kappa shape index (κ3) is 5.12. The number of benzene rings is 1. The van der Waals surface area contributed by atoms with Gasteiger partial charge in [0, 0.05) is 31.7 Å². The summed E-state index contributed by atoms with van der Waals surface area (Å²) >= 11 is 0. The van der Waals surface area contributed by atoms with Crippen molar-refractivity contribution >= 4 is 11.6 Å². The van der Waals surface area contributed by atoms with Gasteiger partial charge in [-0.2, -0.15) is 0 Å². The van der Waals surface area contributed by atoms with Gasteiger partial charge >= 0.3 is 0 Å². The van der Waals surface area contributed by atoms with Crippen molar-refractivity contribution < 1.29 is 9.53 Å². The normalized spacial score (nSPS) is 19.4. The molecule has 116 valence electrons. The molecule has 1 aromatic carbocycles. The maximum atomic E-state index is 12.0. The fourth-order valence-corrected chi connectivity index (χ4v) is 2.59. The number of rotatable bonds is 6. The van der Waals surface area contributed by atoms with Crippen LogP contribution in [0.1, 0.15) is 25.3 Å². The van der Waals surface area contributed by atoms with Crippen LogP contribution in [0, 0.1) is 0 Å². The summed E-state index contributed by atoms with van der Waals surface area (Å²) in [5, 5.41) is 2.95. The van der Waals surface area contributed by atoms with E-state index in [2.05, 4.69) is 17.1 Å². The van der Waals surface area contributed by atoms with Crippen molar-refractivity contribution in [3.05, 3.63) is 29.8 Å². The Morgan fingerprint density at radius 3 is 3.05 bits per heavy atom. The highest BCUT2D eigenvalue weighted by molar-refractivity contribution is 5.91. The molecular weight excluding hydrogens is 266 g/mol. The molecular formula is C16H25N3O2. The van der Waals surface area contributed by atoms with Crippen LogP contribution in [0.3, 0.4) is 0 Å². The van der Waals surface area contributed by atoms with Crippen LogP contribution in [0.15, 0.2) is 24.3 Å². The second-order valence-corrected chi connectivity index (χ2v) is 5.50. The van der Waals surface area contributed by atoms with Crippen molar-refractivity contribution in [3.8, 4) is 0 Å². The lowest BCUT2D eigenvalue weighted by molar-refractivity contribution is -0.116. The maximum Gasteiger partial charge on any atom is 0.224 e. The molecule has 0 saturated carbocycles. The minimum atomic E-state index is 0.0530. The van der Waals surface area contributed by atoms with Crippen molar-refractivity contribution in [1.29, 1.82) is 0 Å². The zero-order chi connectivity index (χ0) is 15.1. The molecule has 1 unspecified atom stereocenters. The summed E-state index contributed by atoms with van der Waals surface area (Å²) in [4.78, 5) is 14.3. The molecule has 0 bridgehead atoms. The van der Waals surface area contributed by atoms with Gasteiger partial charge in [-0.05, 0) is 31.5 Å². The highest BCUT2D eigenvalue weighted by Crippen LogP contribution is 2.14. The minimum Gasteiger partial charge on any atom is -0.376 e. The lowest BCUT2D eigenvalue weighted by Gasteiger charge is -2.30. The Bertz CT molecular complexity index is 465. The van der Waals surface area contributed by atoms with E-state index in [-0.39, 0.29) is 5.91 Å². The molecule has 1 atom stereocenters. The molecule has 1 aliphatic rings. The average Bonchev–Trinajstić information content (AvgIpc) is 2.48. The highest BCUT2D eigenvalue weighted by Gasteiger charge is 2.16. The fourth-order valence-electron chi connectivity index (χ4n) is 2.59. The Labute approximate surface area is 126 Å². The first kappa shape index (κ1) is 15.9. The number of hydrogen-bond donors (Lipinski definition) is 2. The monoisotopic (exact) mass is 291 g/mol. The lowest BCUT2D eigenvalue weighted by atomic mass is 10.1. The first-order chi connectivity index (χ1) is 10.2. The van der Waals surface area contributed by atoms with Crippen LogP contribution in [0.5, 0.6) is 0 Å². The first-order valence-electron chi connectivity index (χ1n) is 7.61. The number of hydrogen-bond acceptors (Lipinski definition) is 4. The summed E-state index contributed by atoms with van der Waals surface area (Å²) in [6, 6.07) is 7.66. The van der Waals surface area contributed by atoms with E-state index in [1.54, 1.807) is 0 Å². The Morgan fingerprint density at radius 2 is 2.29 bits per heavy atom. The summed E-state index contributed by atoms with van der Waals surface area (Å²) < 4.78 is 5.51. The van der Waals surface area contributed by atoms with Gasteiger partial charge in [0.1, 0.15) is 0 Å². The van der Waals surface area contributed by atoms with Gasteiger partial charge in [-0.25, -0.2) is 0 Å². The summed E-state index contributed by atoms with van der Waals surface area (Å²) in [5.41, 5.74) is 7.46. The number of nitrogens with two attached hydrogens (primary N) is 1. The molecule has 2 rings (SSSR count). The van der Waals surface area contributed by atoms with E-state index in [1.807, 2.05) is 24.3 Å². The standard InChI is InChI=1S/C16H25N3O2/c1-13-12-19(9-10-21-13)8-4-7-16(20)18-15-6-3-2-5-14(15)11-17/h2-3,5-6,13H,4,7-12,17H2,1H3,(H,18,20). The molecule has 0 aromatic heterocycles. The number of para-hydroxylation sites is 1. The van der Waals surface area contributed by atoms with E-state index >= 15 is 0 Å². The molecule has 5 heteroatoms. The van der Waals surface area contributed by atoms with Crippen LogP contribution in [0.25, 0.3) is 0 Å². The van der Waals surface area contributed by atoms with Gasteiger partial charge in [0.25, 0.3) is 0 Å². The third-order valence-electron chi connectivity index (χ3n) is 3.71. The van der Waals surface area contributed by atoms with E-state index in [0.717, 1.165) is 43.9 Å². The van der Waals surface area contributed by atoms with Crippen molar-refractivity contribution in [2.24, 2.45) is 5.73 Å². The average molecular weight is 291 g/mol. The molecule has 3 N–H and O–H groups in total. The van der Waals surface area contributed by atoms with Crippen LogP contribution in [0.4, 0.5) is 5.69 Å². The summed E-state index contributed by atoms with van der Waals surface area (Å²) in [6.07, 6.45) is 1.69. The zero-order valence-corrected chi connectivity index (χ0v) is 12.7. The van der Waals surface area contributed by atoms with Gasteiger partial charge in [0.15, 0.2) is 0 Å². The van der Waals surface area contributed by atoms with Gasteiger partial charge in [0.05, 0.1) is 12.7 Å². The smallest absolute Gasteiger partial charge is 0.224 e. The van der Waals surface area contributed by atoms with E-state index in [4.69, 9.17) is 10.5 Å². The summed E-state index contributed by atoms with van der Waals surface area (Å²) in [6.45, 7) is 6.17. The Hall–Kier alpha value is -1.43. The summed E-state index contributed by atoms with van der Waals surface area (Å²) in [5.74, 6) is 0.0530. The minimum absolute atomic E-state index is 0.0530. The number of nitrogens with one attached hydrogen (secondary N) is 1. The molecule has 1 amide bonds. The topological polar surface area (TPSA) is 67.6 Å². The molecule has 1 heterocycles. The number of nitrogens with zero attached hydrogens (tertiary/aromatic N) is 1. The Balaban J connectivity index is 1.72. The van der Waals surface area contributed by atoms with Crippen LogP contribution in [0.2, 0.25) is 0 Å². The Morgan fingerprint density at radius 1 is 1.48 bits per heavy atom. The Kier molecular flexibility index (Phi) is 6.17. The van der Waals surface area contributed by atoms with Gasteiger partial charge in [-0.1, -0.05) is 18.2 Å². The molecule has 1 saturated heterocycles. The number of morpholine rings is 1. The van der Waals surface area contributed by atoms with Crippen LogP contribution in [-0.2, 0) is 16.1 Å². The van der Waals surface area contributed by atoms with Crippen molar-refractivity contribution in [1.82, 2.24) is 4.90 Å². The fraction of sp³-hybridized carbons (Fsp3) is 0.562. The zero-order valence-electron chi connectivity index (χ0n) is 12.7. The quantitative estimate of drug-likeness (QED) is 0.835. The number of carbonyl (C=O) groups is 1. The van der Waals surface area contributed by atoms with Crippen LogP contribution < -0.4 is 11.1 Å². The molecule has 1 aliphatic heterocycles. The van der Waals surface area contributed by atoms with Gasteiger partial charge in [0.2, 0.25) is 5.91 Å². The van der Waals surface area contributed by atoms with E-state index < -0.39 is 0 Å². The van der Waals surface area contributed by atoms with E-state index in [0.29, 0.717) is 19.1 Å². The molecule has 0 spiro atoms. The van der Waals surface area contributed by atoms with Gasteiger partial charge in [-0.15, -0.1) is 0 Å². The van der Waals surface area contributed by atoms with Crippen molar-refractivity contribution in [2.45, 2.75) is 32.4 Å². The SMILES string of the molecule is CC1CN(CCCC(=O)Nc2ccccc2CN)CCO1. The number of amides is 1. The van der Waals surface area contributed by atoms with Gasteiger partial charge < -0.3 is 15.8 Å². The van der Waals surface area contributed by atoms with Crippen LogP contribution >= 0.6 is 0 Å². The second-order valence-electron chi connectivity index (χ2n) is 5.50. The molecule has 5 nitrogen and oxygen atoms in total. The van der Waals surface area contributed by atoms with Gasteiger partial charge in [-0.3, -0.25) is 9.69 Å². The molecule has 0 radical (unpaired) electrons. The first-order valence-corrected chi connectivity index (χ1v) is 7.61. The molecule has 0 aliphatic carbocycles. The maximum absolute atomic E-state index is 12.0. The predicted molar refractivity (Wildman–Crippen MR) is 84.1 cm³/mol. The van der Waals surface area contributed by atoms with Crippen molar-refractivity contribution in [3.63, 3.8) is 0 Å². The summed E-state index contributed by atoms with van der Waals surface area (Å²) in [7, 11) is 0. The highest BCUT2D eigenvalue weighted by atomic mass is 16.5. The van der Waals surface area contributed by atoms with Crippen molar-refractivity contribution in [2.75, 3.05) is 31.6 Å². The van der Waals surface area contributed by atoms with Crippen LogP contribution in [-0.4, -0.2) is 43.2 Å². The largest absolute Gasteiger partial charge is 0.376 e. The predicted octanol–water partition coefficient (Wildman–Crippen LogP) is 1.58. The molecule has 1 fully saturated rings. The number of carbonyl (C=O) groups excluding carboxylic acids is 1. The molecule has 21 heavy (non-hydrogen) atoms. The third-order valence-corrected chi connectivity index (χ3v) is 3.71. The van der Waals surface area contributed by atoms with E-state index in [9.17, 15) is 4.79 Å². The number of ether oxygens (including phenoxy) is 1. The van der Waals surface area contributed by atoms with E-state index in [1.165, 1.54) is 0 Å². The number of anilines is 1. The lowest BCUT2D eigenvalue weighted by Crippen LogP contribution is -2.41. The second kappa shape index (κ2) is 8.12.